The molecule has 1 aromatic heterocycles. The molecule has 6 heteroatoms. The van der Waals surface area contributed by atoms with E-state index in [0.717, 1.165) is 14.9 Å². The van der Waals surface area contributed by atoms with Crippen LogP contribution < -0.4 is 5.32 Å². The van der Waals surface area contributed by atoms with Gasteiger partial charge < -0.3 is 10.2 Å². The Morgan fingerprint density at radius 3 is 2.90 bits per heavy atom. The highest BCUT2D eigenvalue weighted by molar-refractivity contribution is 9.10. The second-order valence-electron chi connectivity index (χ2n) is 4.38. The lowest BCUT2D eigenvalue weighted by molar-refractivity contribution is 0.206. The van der Waals surface area contributed by atoms with Crippen molar-refractivity contribution in [2.75, 3.05) is 7.05 Å². The van der Waals surface area contributed by atoms with Crippen molar-refractivity contribution in [1.82, 2.24) is 10.2 Å². The predicted molar refractivity (Wildman–Crippen MR) is 82.1 cm³/mol. The molecule has 1 heterocycles. The van der Waals surface area contributed by atoms with Crippen LogP contribution in [0.5, 0.6) is 0 Å². The number of nitrogens with zero attached hydrogens (tertiary/aromatic N) is 1. The molecule has 106 valence electrons. The van der Waals surface area contributed by atoms with Crippen LogP contribution in [0.15, 0.2) is 40.2 Å². The molecule has 0 saturated carbocycles. The lowest BCUT2D eigenvalue weighted by Gasteiger charge is -2.17. The van der Waals surface area contributed by atoms with Gasteiger partial charge in [0.2, 0.25) is 0 Å². The molecule has 0 fully saturated rings. The maximum Gasteiger partial charge on any atom is 0.317 e. The molecular formula is C14H14BrFN2OS. The summed E-state index contributed by atoms with van der Waals surface area (Å²) in [6.45, 7) is 0.861. The number of amides is 2. The summed E-state index contributed by atoms with van der Waals surface area (Å²) in [4.78, 5) is 14.5. The second kappa shape index (κ2) is 6.85. The summed E-state index contributed by atoms with van der Waals surface area (Å²) in [6.07, 6.45) is 0. The first-order valence-electron chi connectivity index (χ1n) is 6.01. The van der Waals surface area contributed by atoms with E-state index in [-0.39, 0.29) is 11.8 Å². The van der Waals surface area contributed by atoms with E-state index in [2.05, 4.69) is 21.2 Å². The summed E-state index contributed by atoms with van der Waals surface area (Å²) in [5.41, 5.74) is 0.765. The van der Waals surface area contributed by atoms with Gasteiger partial charge in [0.15, 0.2) is 0 Å². The zero-order valence-electron chi connectivity index (χ0n) is 10.9. The van der Waals surface area contributed by atoms with E-state index in [1.807, 2.05) is 11.4 Å². The van der Waals surface area contributed by atoms with Crippen molar-refractivity contribution in [3.05, 3.63) is 56.4 Å². The van der Waals surface area contributed by atoms with Crippen molar-refractivity contribution in [3.8, 4) is 0 Å². The highest BCUT2D eigenvalue weighted by Crippen LogP contribution is 2.19. The zero-order chi connectivity index (χ0) is 14.5. The van der Waals surface area contributed by atoms with Crippen molar-refractivity contribution >= 4 is 33.3 Å². The van der Waals surface area contributed by atoms with Gasteiger partial charge in [0, 0.05) is 28.3 Å². The normalized spacial score (nSPS) is 10.3. The molecule has 2 aromatic rings. The van der Waals surface area contributed by atoms with Crippen LogP contribution in [0.4, 0.5) is 9.18 Å². The molecule has 1 aromatic carbocycles. The third kappa shape index (κ3) is 4.31. The predicted octanol–water partition coefficient (Wildman–Crippen LogP) is 3.99. The quantitative estimate of drug-likeness (QED) is 0.882. The first-order valence-corrected chi connectivity index (χ1v) is 7.68. The van der Waals surface area contributed by atoms with Gasteiger partial charge in [-0.15, -0.1) is 11.3 Å². The van der Waals surface area contributed by atoms with Gasteiger partial charge in [-0.25, -0.2) is 9.18 Å². The van der Waals surface area contributed by atoms with E-state index >= 15 is 0 Å². The first-order chi connectivity index (χ1) is 9.54. The van der Waals surface area contributed by atoms with Crippen LogP contribution in [0.25, 0.3) is 0 Å². The number of halogens is 2. The maximum absolute atomic E-state index is 13.1. The fraction of sp³-hybridized carbons (Fsp3) is 0.214. The van der Waals surface area contributed by atoms with E-state index in [1.165, 1.54) is 17.0 Å². The monoisotopic (exact) mass is 356 g/mol. The number of carbonyl (C=O) groups is 1. The molecule has 2 amide bonds. The molecule has 0 aliphatic heterocycles. The third-order valence-electron chi connectivity index (χ3n) is 2.69. The Morgan fingerprint density at radius 1 is 1.45 bits per heavy atom. The average Bonchev–Trinajstić information content (AvgIpc) is 2.81. The second-order valence-corrected chi connectivity index (χ2v) is 6.29. The van der Waals surface area contributed by atoms with Crippen LogP contribution in [0.3, 0.4) is 0 Å². The molecule has 0 unspecified atom stereocenters. The number of urea groups is 1. The summed E-state index contributed by atoms with van der Waals surface area (Å²) in [5, 5.41) is 4.80. The Morgan fingerprint density at radius 2 is 2.25 bits per heavy atom. The average molecular weight is 357 g/mol. The fourth-order valence-electron chi connectivity index (χ4n) is 1.73. The number of nitrogens with one attached hydrogen (secondary N) is 1. The molecule has 3 nitrogen and oxygen atoms in total. The largest absolute Gasteiger partial charge is 0.333 e. The fourth-order valence-corrected chi connectivity index (χ4v) is 3.12. The van der Waals surface area contributed by atoms with Crippen molar-refractivity contribution in [2.45, 2.75) is 13.1 Å². The first kappa shape index (κ1) is 15.0. The molecule has 1 N–H and O–H groups in total. The van der Waals surface area contributed by atoms with E-state index in [9.17, 15) is 9.18 Å². The lowest BCUT2D eigenvalue weighted by atomic mass is 10.2. The highest BCUT2D eigenvalue weighted by atomic mass is 79.9. The molecule has 0 radical (unpaired) electrons. The van der Waals surface area contributed by atoms with E-state index in [4.69, 9.17) is 0 Å². The van der Waals surface area contributed by atoms with E-state index < -0.39 is 0 Å². The van der Waals surface area contributed by atoms with Gasteiger partial charge in [-0.1, -0.05) is 12.1 Å². The van der Waals surface area contributed by atoms with Crippen LogP contribution >= 0.6 is 27.3 Å². The van der Waals surface area contributed by atoms with Crippen molar-refractivity contribution in [2.24, 2.45) is 0 Å². The molecular weight excluding hydrogens is 343 g/mol. The molecule has 0 atom stereocenters. The van der Waals surface area contributed by atoms with E-state index in [1.54, 1.807) is 30.5 Å². The number of thiophene rings is 1. The Labute approximate surface area is 129 Å². The lowest BCUT2D eigenvalue weighted by Crippen LogP contribution is -2.36. The summed E-state index contributed by atoms with van der Waals surface area (Å²) < 4.78 is 14.1. The molecule has 0 saturated heterocycles. The number of carbonyl (C=O) groups excluding carboxylic acids is 1. The molecule has 0 aliphatic rings. The van der Waals surface area contributed by atoms with Crippen LogP contribution in [0.2, 0.25) is 0 Å². The zero-order valence-corrected chi connectivity index (χ0v) is 13.3. The Hall–Kier alpha value is -1.40. The van der Waals surface area contributed by atoms with Crippen molar-refractivity contribution in [1.29, 1.82) is 0 Å². The summed E-state index contributed by atoms with van der Waals surface area (Å²) >= 11 is 4.95. The smallest absolute Gasteiger partial charge is 0.317 e. The minimum atomic E-state index is -0.292. The number of hydrogen-bond donors (Lipinski definition) is 1. The van der Waals surface area contributed by atoms with Gasteiger partial charge in [0.25, 0.3) is 0 Å². The Bertz CT molecular complexity index is 602. The minimum absolute atomic E-state index is 0.182. The summed E-state index contributed by atoms with van der Waals surface area (Å²) in [7, 11) is 1.69. The van der Waals surface area contributed by atoms with Gasteiger partial charge in [0.05, 0.1) is 6.54 Å². The molecule has 20 heavy (non-hydrogen) atoms. The minimum Gasteiger partial charge on any atom is -0.333 e. The topological polar surface area (TPSA) is 32.3 Å². The standard InChI is InChI=1S/C14H14BrFN2OS/c1-18(8-10-3-2-4-12(16)5-10)14(19)17-7-13-6-11(15)9-20-13/h2-6,9H,7-8H2,1H3,(H,17,19). The molecule has 0 bridgehead atoms. The SMILES string of the molecule is CN(Cc1cccc(F)c1)C(=O)NCc1cc(Br)cs1. The third-order valence-corrected chi connectivity index (χ3v) is 4.39. The Kier molecular flexibility index (Phi) is 5.14. The molecule has 2 rings (SSSR count). The van der Waals surface area contributed by atoms with Crippen LogP contribution in [-0.2, 0) is 13.1 Å². The summed E-state index contributed by atoms with van der Waals surface area (Å²) in [6, 6.07) is 8.04. The maximum atomic E-state index is 13.1. The van der Waals surface area contributed by atoms with E-state index in [0.29, 0.717) is 13.1 Å². The molecule has 0 aliphatic carbocycles. The van der Waals surface area contributed by atoms with Gasteiger partial charge in [-0.05, 0) is 39.7 Å². The van der Waals surface area contributed by atoms with Crippen molar-refractivity contribution in [3.63, 3.8) is 0 Å². The number of hydrogen-bond acceptors (Lipinski definition) is 2. The molecule has 0 spiro atoms. The summed E-state index contributed by atoms with van der Waals surface area (Å²) in [5.74, 6) is -0.292. The van der Waals surface area contributed by atoms with Crippen LogP contribution in [0.1, 0.15) is 10.4 Å². The highest BCUT2D eigenvalue weighted by Gasteiger charge is 2.09. The van der Waals surface area contributed by atoms with Crippen molar-refractivity contribution < 1.29 is 9.18 Å². The Balaban J connectivity index is 1.85. The van der Waals surface area contributed by atoms with Crippen LogP contribution in [-0.4, -0.2) is 18.0 Å². The van der Waals surface area contributed by atoms with Crippen LogP contribution in [0, 0.1) is 5.82 Å². The number of rotatable bonds is 4. The number of benzene rings is 1. The van der Waals surface area contributed by atoms with Gasteiger partial charge in [0.1, 0.15) is 5.82 Å². The van der Waals surface area contributed by atoms with Gasteiger partial charge >= 0.3 is 6.03 Å². The van der Waals surface area contributed by atoms with Gasteiger partial charge in [-0.2, -0.15) is 0 Å². The van der Waals surface area contributed by atoms with Gasteiger partial charge in [-0.3, -0.25) is 0 Å².